The molecule has 0 bridgehead atoms. The molecule has 1 aromatic carbocycles. The molecule has 0 spiro atoms. The van der Waals surface area contributed by atoms with Crippen molar-refractivity contribution >= 4 is 0 Å². The molecule has 0 aliphatic rings. The summed E-state index contributed by atoms with van der Waals surface area (Å²) in [6.45, 7) is 6.21. The second-order valence-electron chi connectivity index (χ2n) is 5.24. The van der Waals surface area contributed by atoms with Crippen LogP contribution in [0.25, 0.3) is 5.69 Å². The van der Waals surface area contributed by atoms with Crippen LogP contribution in [0.4, 0.5) is 0 Å². The molecule has 2 rings (SSSR count). The molecule has 0 radical (unpaired) electrons. The van der Waals surface area contributed by atoms with Crippen molar-refractivity contribution in [2.24, 2.45) is 0 Å². The molecule has 4 nitrogen and oxygen atoms in total. The van der Waals surface area contributed by atoms with Crippen LogP contribution in [0.1, 0.15) is 26.5 Å². The van der Waals surface area contributed by atoms with E-state index < -0.39 is 0 Å². The van der Waals surface area contributed by atoms with E-state index >= 15 is 0 Å². The summed E-state index contributed by atoms with van der Waals surface area (Å²) < 4.78 is 6.98. The Morgan fingerprint density at radius 3 is 2.50 bits per heavy atom. The number of hydrogen-bond acceptors (Lipinski definition) is 2. The number of aromatic amines is 1. The summed E-state index contributed by atoms with van der Waals surface area (Å²) in [5, 5.41) is 0. The van der Waals surface area contributed by atoms with Gasteiger partial charge in [-0.05, 0) is 12.1 Å². The van der Waals surface area contributed by atoms with Gasteiger partial charge in [0.05, 0.1) is 12.8 Å². The van der Waals surface area contributed by atoms with E-state index in [-0.39, 0.29) is 11.1 Å². The van der Waals surface area contributed by atoms with E-state index in [0.717, 1.165) is 11.4 Å². The first-order valence-corrected chi connectivity index (χ1v) is 5.89. The minimum Gasteiger partial charge on any atom is -0.495 e. The Bertz CT molecular complexity index is 603. The van der Waals surface area contributed by atoms with Crippen LogP contribution in [0, 0.1) is 0 Å². The van der Waals surface area contributed by atoms with Crippen LogP contribution in [0.5, 0.6) is 5.75 Å². The van der Waals surface area contributed by atoms with Gasteiger partial charge in [0.15, 0.2) is 0 Å². The summed E-state index contributed by atoms with van der Waals surface area (Å²) in [5.41, 5.74) is 1.41. The van der Waals surface area contributed by atoms with Gasteiger partial charge in [-0.15, -0.1) is 0 Å². The van der Waals surface area contributed by atoms with E-state index in [1.807, 2.05) is 24.3 Å². The Morgan fingerprint density at radius 2 is 1.89 bits per heavy atom. The molecule has 0 aliphatic heterocycles. The molecule has 4 heteroatoms. The van der Waals surface area contributed by atoms with Crippen molar-refractivity contribution in [2.45, 2.75) is 26.2 Å². The molecule has 0 saturated carbocycles. The number of nitrogens with one attached hydrogen (secondary N) is 1. The number of hydrogen-bond donors (Lipinski definition) is 1. The molecule has 1 N–H and O–H groups in total. The first-order valence-electron chi connectivity index (χ1n) is 5.89. The third-order valence-corrected chi connectivity index (χ3v) is 2.87. The average Bonchev–Trinajstić information content (AvgIpc) is 2.70. The molecule has 1 aromatic heterocycles. The summed E-state index contributed by atoms with van der Waals surface area (Å²) >= 11 is 0. The van der Waals surface area contributed by atoms with Crippen molar-refractivity contribution in [2.75, 3.05) is 7.11 Å². The number of nitrogens with zero attached hydrogens (tertiary/aromatic N) is 1. The van der Waals surface area contributed by atoms with Gasteiger partial charge in [0.25, 0.3) is 0 Å². The summed E-state index contributed by atoms with van der Waals surface area (Å²) in [4.78, 5) is 14.8. The number of imidazole rings is 1. The highest BCUT2D eigenvalue weighted by molar-refractivity contribution is 5.48. The highest BCUT2D eigenvalue weighted by Gasteiger charge is 2.22. The minimum absolute atomic E-state index is 0.125. The molecule has 0 fully saturated rings. The number of ether oxygens (including phenoxy) is 1. The number of aromatic nitrogens is 2. The molecule has 96 valence electrons. The van der Waals surface area contributed by atoms with Gasteiger partial charge in [-0.2, -0.15) is 0 Å². The molecule has 0 aliphatic carbocycles. The number of H-pyrrole nitrogens is 1. The lowest BCUT2D eigenvalue weighted by Crippen LogP contribution is -2.23. The highest BCUT2D eigenvalue weighted by Crippen LogP contribution is 2.27. The molecule has 18 heavy (non-hydrogen) atoms. The van der Waals surface area contributed by atoms with Gasteiger partial charge in [-0.3, -0.25) is 4.57 Å². The third kappa shape index (κ3) is 2.06. The van der Waals surface area contributed by atoms with Gasteiger partial charge < -0.3 is 9.72 Å². The maximum atomic E-state index is 12.0. The van der Waals surface area contributed by atoms with Crippen molar-refractivity contribution in [1.29, 1.82) is 0 Å². The van der Waals surface area contributed by atoms with Gasteiger partial charge in [-0.25, -0.2) is 4.79 Å². The Labute approximate surface area is 106 Å². The number of methoxy groups -OCH3 is 1. The SMILES string of the molecule is COc1ccccc1-n1c(C(C)(C)C)c[nH]c1=O. The van der Waals surface area contributed by atoms with Gasteiger partial charge >= 0.3 is 5.69 Å². The van der Waals surface area contributed by atoms with Crippen LogP contribution in [-0.4, -0.2) is 16.7 Å². The average molecular weight is 246 g/mol. The van der Waals surface area contributed by atoms with E-state index in [9.17, 15) is 4.79 Å². The fraction of sp³-hybridized carbons (Fsp3) is 0.357. The molecule has 1 heterocycles. The zero-order valence-corrected chi connectivity index (χ0v) is 11.2. The maximum absolute atomic E-state index is 12.0. The van der Waals surface area contributed by atoms with Crippen molar-refractivity contribution in [3.8, 4) is 11.4 Å². The quantitative estimate of drug-likeness (QED) is 0.884. The van der Waals surface area contributed by atoms with Crippen molar-refractivity contribution in [3.63, 3.8) is 0 Å². The van der Waals surface area contributed by atoms with Crippen LogP contribution in [0.3, 0.4) is 0 Å². The highest BCUT2D eigenvalue weighted by atomic mass is 16.5. The molecular weight excluding hydrogens is 228 g/mol. The molecule has 0 unspecified atom stereocenters. The number of rotatable bonds is 2. The van der Waals surface area contributed by atoms with Gasteiger partial charge in [0.2, 0.25) is 0 Å². The Hall–Kier alpha value is -1.97. The Kier molecular flexibility index (Phi) is 3.03. The molecule has 2 aromatic rings. The van der Waals surface area contributed by atoms with Crippen LogP contribution in [0.2, 0.25) is 0 Å². The molecular formula is C14H18N2O2. The molecule has 0 atom stereocenters. The monoisotopic (exact) mass is 246 g/mol. The standard InChI is InChI=1S/C14H18N2O2/c1-14(2,3)12-9-15-13(17)16(12)10-7-5-6-8-11(10)18-4/h5-9H,1-4H3,(H,15,17). The first kappa shape index (κ1) is 12.5. The topological polar surface area (TPSA) is 47.0 Å². The van der Waals surface area contributed by atoms with Crippen molar-refractivity contribution in [3.05, 3.63) is 46.6 Å². The predicted molar refractivity (Wildman–Crippen MR) is 71.6 cm³/mol. The first-order chi connectivity index (χ1) is 8.45. The van der Waals surface area contributed by atoms with Gasteiger partial charge in [0.1, 0.15) is 5.75 Å². The largest absolute Gasteiger partial charge is 0.495 e. The fourth-order valence-corrected chi connectivity index (χ4v) is 1.97. The van der Waals surface area contributed by atoms with Gasteiger partial charge in [0, 0.05) is 17.3 Å². The minimum atomic E-state index is -0.149. The van der Waals surface area contributed by atoms with E-state index in [1.165, 1.54) is 0 Å². The second kappa shape index (κ2) is 4.37. The summed E-state index contributed by atoms with van der Waals surface area (Å²) in [6, 6.07) is 7.51. The van der Waals surface area contributed by atoms with E-state index in [2.05, 4.69) is 25.8 Å². The van der Waals surface area contributed by atoms with Crippen molar-refractivity contribution < 1.29 is 4.74 Å². The lowest BCUT2D eigenvalue weighted by molar-refractivity contribution is 0.411. The Balaban J connectivity index is 2.72. The smallest absolute Gasteiger partial charge is 0.330 e. The fourth-order valence-electron chi connectivity index (χ4n) is 1.97. The van der Waals surface area contributed by atoms with Crippen LogP contribution in [-0.2, 0) is 5.41 Å². The van der Waals surface area contributed by atoms with Crippen LogP contribution >= 0.6 is 0 Å². The molecule has 0 amide bonds. The maximum Gasteiger partial charge on any atom is 0.330 e. The number of para-hydroxylation sites is 2. The second-order valence-corrected chi connectivity index (χ2v) is 5.24. The van der Waals surface area contributed by atoms with E-state index in [4.69, 9.17) is 4.74 Å². The summed E-state index contributed by atoms with van der Waals surface area (Å²) in [5.74, 6) is 0.685. The van der Waals surface area contributed by atoms with Crippen molar-refractivity contribution in [1.82, 2.24) is 9.55 Å². The number of benzene rings is 1. The predicted octanol–water partition coefficient (Wildman–Crippen LogP) is 2.47. The zero-order valence-electron chi connectivity index (χ0n) is 11.2. The van der Waals surface area contributed by atoms with Crippen LogP contribution in [0.15, 0.2) is 35.3 Å². The normalized spacial score (nSPS) is 11.6. The lowest BCUT2D eigenvalue weighted by atomic mass is 9.92. The summed E-state index contributed by atoms with van der Waals surface area (Å²) in [7, 11) is 1.60. The zero-order chi connectivity index (χ0) is 13.3. The van der Waals surface area contributed by atoms with Gasteiger partial charge in [-0.1, -0.05) is 32.9 Å². The lowest BCUT2D eigenvalue weighted by Gasteiger charge is -2.21. The Morgan fingerprint density at radius 1 is 1.22 bits per heavy atom. The van der Waals surface area contributed by atoms with E-state index in [1.54, 1.807) is 17.9 Å². The molecule has 0 saturated heterocycles. The third-order valence-electron chi connectivity index (χ3n) is 2.87. The van der Waals surface area contributed by atoms with E-state index in [0.29, 0.717) is 5.75 Å². The van der Waals surface area contributed by atoms with Crippen LogP contribution < -0.4 is 10.4 Å². The summed E-state index contributed by atoms with van der Waals surface area (Å²) in [6.07, 6.45) is 1.76.